The van der Waals surface area contributed by atoms with Crippen molar-refractivity contribution in [1.82, 2.24) is 4.31 Å². The van der Waals surface area contributed by atoms with Gasteiger partial charge in [0.15, 0.2) is 13.2 Å². The molecule has 0 saturated carbocycles. The Balaban J connectivity index is 0.00000139. The van der Waals surface area contributed by atoms with Gasteiger partial charge in [-0.25, -0.2) is 0 Å². The predicted molar refractivity (Wildman–Crippen MR) is 162 cm³/mol. The van der Waals surface area contributed by atoms with Gasteiger partial charge >= 0.3 is 7.25 Å². The molecule has 0 heterocycles. The van der Waals surface area contributed by atoms with Crippen molar-refractivity contribution < 1.29 is 25.9 Å². The second kappa shape index (κ2) is 16.3. The van der Waals surface area contributed by atoms with Gasteiger partial charge in [-0.05, 0) is 47.8 Å². The Labute approximate surface area is 235 Å². The average Bonchev–Trinajstić information content (AvgIpc) is 2.89. The lowest BCUT2D eigenvalue weighted by atomic mass is 9.90. The standard InChI is InChI=1S/C29H44NO2SSi.BF4/c1-8-34(9-2,10-3)32-29(22-21-26-17-13-11-14-18-26)28(25(4)5)23-24-33(31,30(6)7)27-19-15-12-16-20-27;2-1(3,4)5/h11-25,28-29H,8-10H2,1-7H3;/q+1;-1/b22-21+,24-23-;/t28-,29-,33?;/m0./s1. The van der Waals surface area contributed by atoms with Crippen LogP contribution in [0.3, 0.4) is 0 Å². The molecule has 0 aliphatic carbocycles. The van der Waals surface area contributed by atoms with E-state index < -0.39 is 25.7 Å². The van der Waals surface area contributed by atoms with Gasteiger partial charge in [0.2, 0.25) is 10.1 Å². The molecule has 3 nitrogen and oxygen atoms in total. The minimum Gasteiger partial charge on any atom is -0.418 e. The van der Waals surface area contributed by atoms with Crippen molar-refractivity contribution in [2.75, 3.05) is 14.1 Å². The van der Waals surface area contributed by atoms with Crippen molar-refractivity contribution in [2.24, 2.45) is 11.8 Å². The highest BCUT2D eigenvalue weighted by Crippen LogP contribution is 2.32. The first-order valence-electron chi connectivity index (χ1n) is 13.4. The van der Waals surface area contributed by atoms with Crippen molar-refractivity contribution in [2.45, 2.75) is 63.8 Å². The topological polar surface area (TPSA) is 29.5 Å². The number of halogens is 4. The van der Waals surface area contributed by atoms with E-state index in [4.69, 9.17) is 4.43 Å². The van der Waals surface area contributed by atoms with Crippen molar-refractivity contribution in [3.8, 4) is 0 Å². The third kappa shape index (κ3) is 12.0. The number of hydrogen-bond acceptors (Lipinski definition) is 2. The molecule has 1 unspecified atom stereocenters. The minimum atomic E-state index is -6.00. The van der Waals surface area contributed by atoms with Gasteiger partial charge < -0.3 is 21.7 Å². The molecule has 0 saturated heterocycles. The molecule has 0 amide bonds. The van der Waals surface area contributed by atoms with Crippen LogP contribution >= 0.6 is 0 Å². The van der Waals surface area contributed by atoms with Crippen molar-refractivity contribution in [3.63, 3.8) is 0 Å². The molecule has 0 aliphatic heterocycles. The molecule has 2 aromatic rings. The van der Waals surface area contributed by atoms with Crippen LogP contribution in [0.4, 0.5) is 17.3 Å². The molecular weight excluding hydrogens is 541 g/mol. The van der Waals surface area contributed by atoms with E-state index in [9.17, 15) is 21.5 Å². The SMILES string of the molecule is CC[Si](CC)(CC)O[C@@H](/C=C/c1ccccc1)[C@@H](/C=C\[S+](=O)(c1ccccc1)N(C)C)C(C)C.F[B-](F)(F)F. The Bertz CT molecular complexity index is 1050. The first-order chi connectivity index (χ1) is 18.2. The van der Waals surface area contributed by atoms with Crippen LogP contribution < -0.4 is 0 Å². The molecular formula is C29H44BF4NO2SSi. The highest BCUT2D eigenvalue weighted by Gasteiger charge is 2.36. The second-order valence-electron chi connectivity index (χ2n) is 9.93. The fourth-order valence-electron chi connectivity index (χ4n) is 4.24. The summed E-state index contributed by atoms with van der Waals surface area (Å²) >= 11 is 0. The number of nitrogens with zero attached hydrogens (tertiary/aromatic N) is 1. The van der Waals surface area contributed by atoms with Gasteiger partial charge in [0.25, 0.3) is 0 Å². The van der Waals surface area contributed by atoms with E-state index in [1.807, 2.05) is 60.2 Å². The van der Waals surface area contributed by atoms with Gasteiger partial charge in [-0.2, -0.15) is 0 Å². The maximum absolute atomic E-state index is 14.1. The van der Waals surface area contributed by atoms with Crippen LogP contribution in [0.25, 0.3) is 6.08 Å². The van der Waals surface area contributed by atoms with E-state index in [0.717, 1.165) is 23.0 Å². The van der Waals surface area contributed by atoms with Gasteiger partial charge in [-0.1, -0.05) is 99.5 Å². The highest BCUT2D eigenvalue weighted by molar-refractivity contribution is 8.03. The average molecular weight is 586 g/mol. The van der Waals surface area contributed by atoms with Crippen molar-refractivity contribution >= 4 is 31.8 Å². The smallest absolute Gasteiger partial charge is 0.418 e. The van der Waals surface area contributed by atoms with Gasteiger partial charge in [-0.15, -0.1) is 4.31 Å². The molecule has 2 rings (SSSR count). The van der Waals surface area contributed by atoms with Gasteiger partial charge in [0, 0.05) is 20.0 Å². The summed E-state index contributed by atoms with van der Waals surface area (Å²) in [6, 6.07) is 23.4. The Morgan fingerprint density at radius 3 is 1.74 bits per heavy atom. The zero-order valence-corrected chi connectivity index (χ0v) is 26.0. The molecule has 0 aromatic heterocycles. The lowest BCUT2D eigenvalue weighted by Crippen LogP contribution is -2.42. The third-order valence-corrected chi connectivity index (χ3v) is 14.1. The van der Waals surface area contributed by atoms with Crippen LogP contribution in [-0.2, 0) is 18.8 Å². The summed E-state index contributed by atoms with van der Waals surface area (Å²) in [5, 5.41) is 1.92. The summed E-state index contributed by atoms with van der Waals surface area (Å²) in [6.07, 6.45) is 6.49. The Morgan fingerprint density at radius 2 is 1.33 bits per heavy atom. The molecule has 2 aromatic carbocycles. The van der Waals surface area contributed by atoms with E-state index in [-0.39, 0.29) is 12.0 Å². The largest absolute Gasteiger partial charge is 0.673 e. The molecule has 0 aliphatic rings. The van der Waals surface area contributed by atoms with E-state index >= 15 is 0 Å². The first-order valence-corrected chi connectivity index (χ1v) is 17.6. The Kier molecular flexibility index (Phi) is 14.6. The van der Waals surface area contributed by atoms with Crippen LogP contribution in [0, 0.1) is 11.8 Å². The zero-order valence-electron chi connectivity index (χ0n) is 24.2. The maximum atomic E-state index is 14.1. The Morgan fingerprint density at radius 1 is 0.872 bits per heavy atom. The monoisotopic (exact) mass is 585 g/mol. The van der Waals surface area contributed by atoms with Crippen molar-refractivity contribution in [3.05, 3.63) is 83.8 Å². The molecule has 3 atom stereocenters. The summed E-state index contributed by atoms with van der Waals surface area (Å²) in [6.45, 7) is 11.3. The fraction of sp³-hybridized carbons (Fsp3) is 0.448. The molecule has 0 fully saturated rings. The quantitative estimate of drug-likeness (QED) is 0.133. The second-order valence-corrected chi connectivity index (χ2v) is 17.3. The molecule has 0 N–H and O–H groups in total. The Hall–Kier alpha value is -2.01. The van der Waals surface area contributed by atoms with Crippen molar-refractivity contribution in [1.29, 1.82) is 0 Å². The molecule has 39 heavy (non-hydrogen) atoms. The summed E-state index contributed by atoms with van der Waals surface area (Å²) < 4.78 is 61.9. The molecule has 10 heteroatoms. The summed E-state index contributed by atoms with van der Waals surface area (Å²) in [5.41, 5.74) is 1.17. The summed E-state index contributed by atoms with van der Waals surface area (Å²) in [5.74, 6) is 0.446. The number of hydrogen-bond donors (Lipinski definition) is 0. The summed E-state index contributed by atoms with van der Waals surface area (Å²) in [4.78, 5) is 0.829. The van der Waals surface area contributed by atoms with Gasteiger partial charge in [0.1, 0.15) is 5.41 Å². The lowest BCUT2D eigenvalue weighted by molar-refractivity contribution is 0.162. The van der Waals surface area contributed by atoms with E-state index in [2.05, 4.69) is 77.1 Å². The minimum absolute atomic E-state index is 0.0652. The molecule has 0 spiro atoms. The number of rotatable bonds is 13. The van der Waals surface area contributed by atoms with Crippen LogP contribution in [0.5, 0.6) is 0 Å². The van der Waals surface area contributed by atoms with Crippen LogP contribution in [0.2, 0.25) is 18.1 Å². The first kappa shape index (κ1) is 35.0. The third-order valence-electron chi connectivity index (χ3n) is 6.85. The van der Waals surface area contributed by atoms with E-state index in [1.54, 1.807) is 0 Å². The molecule has 0 bridgehead atoms. The highest BCUT2D eigenvalue weighted by atomic mass is 32.3. The summed E-state index contributed by atoms with van der Waals surface area (Å²) in [7, 11) is -6.57. The molecule has 218 valence electrons. The van der Waals surface area contributed by atoms with Gasteiger partial charge in [0.05, 0.1) is 6.10 Å². The van der Waals surface area contributed by atoms with Crippen LogP contribution in [-0.4, -0.2) is 40.1 Å². The fourth-order valence-corrected chi connectivity index (χ4v) is 8.82. The molecule has 0 radical (unpaired) electrons. The lowest BCUT2D eigenvalue weighted by Gasteiger charge is -2.36. The van der Waals surface area contributed by atoms with Crippen LogP contribution in [0.1, 0.15) is 40.2 Å². The normalized spacial score (nSPS) is 15.8. The van der Waals surface area contributed by atoms with Crippen LogP contribution in [0.15, 0.2) is 83.1 Å². The number of benzene rings is 2. The van der Waals surface area contributed by atoms with Gasteiger partial charge in [-0.3, -0.25) is 0 Å². The van der Waals surface area contributed by atoms with E-state index in [1.165, 1.54) is 5.56 Å². The predicted octanol–water partition coefficient (Wildman–Crippen LogP) is 9.21. The van der Waals surface area contributed by atoms with E-state index in [0.29, 0.717) is 5.92 Å². The maximum Gasteiger partial charge on any atom is 0.673 e. The zero-order chi connectivity index (χ0) is 29.7.